The number of rotatable bonds is 2. The molecule has 2 rings (SSSR count). The molecule has 1 unspecified atom stereocenters. The second-order valence-electron chi connectivity index (χ2n) is 4.31. The number of hydrogen-bond donors (Lipinski definition) is 1. The molecule has 0 spiro atoms. The number of allylic oxidation sites excluding steroid dienone is 2. The van der Waals surface area contributed by atoms with E-state index in [0.29, 0.717) is 5.76 Å². The van der Waals surface area contributed by atoms with Crippen molar-refractivity contribution < 1.29 is 19.0 Å². The minimum atomic E-state index is -0.883. The minimum absolute atomic E-state index is 0.000990. The quantitative estimate of drug-likeness (QED) is 0.839. The van der Waals surface area contributed by atoms with Gasteiger partial charge in [-0.1, -0.05) is 30.3 Å². The van der Waals surface area contributed by atoms with E-state index >= 15 is 0 Å². The molecule has 0 aliphatic carbocycles. The van der Waals surface area contributed by atoms with Gasteiger partial charge in [0.15, 0.2) is 5.76 Å². The number of nitrogens with two attached hydrogens (primary N) is 1. The summed E-state index contributed by atoms with van der Waals surface area (Å²) >= 11 is 0. The van der Waals surface area contributed by atoms with Crippen LogP contribution in [0.5, 0.6) is 0 Å². The molecule has 0 bridgehead atoms. The van der Waals surface area contributed by atoms with Gasteiger partial charge in [-0.15, -0.1) is 0 Å². The van der Waals surface area contributed by atoms with Crippen LogP contribution in [0.2, 0.25) is 0 Å². The standard InChI is InChI=1S/C15H14N2O4/c1-9-13(21-15(18)19-2)12(10-6-4-3-5-7-10)11(8-16)14(17)20-9/h3-7,12H,17H2,1-2H3. The zero-order chi connectivity index (χ0) is 15.4. The number of ether oxygens (including phenoxy) is 3. The van der Waals surface area contributed by atoms with Gasteiger partial charge in [-0.3, -0.25) is 0 Å². The number of carbonyl (C=O) groups is 1. The molecule has 2 N–H and O–H groups in total. The second kappa shape index (κ2) is 6.01. The third-order valence-corrected chi connectivity index (χ3v) is 3.04. The van der Waals surface area contributed by atoms with E-state index in [1.165, 1.54) is 7.11 Å². The Labute approximate surface area is 122 Å². The molecule has 0 fully saturated rings. The highest BCUT2D eigenvalue weighted by Crippen LogP contribution is 2.39. The van der Waals surface area contributed by atoms with Crippen molar-refractivity contribution in [2.75, 3.05) is 7.11 Å². The first-order chi connectivity index (χ1) is 10.1. The predicted molar refractivity (Wildman–Crippen MR) is 73.3 cm³/mol. The van der Waals surface area contributed by atoms with Crippen LogP contribution < -0.4 is 5.73 Å². The number of nitriles is 1. The van der Waals surface area contributed by atoms with Gasteiger partial charge in [0.05, 0.1) is 13.0 Å². The van der Waals surface area contributed by atoms with Crippen LogP contribution in [0.25, 0.3) is 0 Å². The van der Waals surface area contributed by atoms with Gasteiger partial charge in [-0.25, -0.2) is 4.79 Å². The molecule has 0 amide bonds. The minimum Gasteiger partial charge on any atom is -0.442 e. The average molecular weight is 286 g/mol. The van der Waals surface area contributed by atoms with Crippen LogP contribution in [0, 0.1) is 11.3 Å². The summed E-state index contributed by atoms with van der Waals surface area (Å²) in [6.07, 6.45) is -0.883. The van der Waals surface area contributed by atoms with E-state index in [9.17, 15) is 10.1 Å². The molecular weight excluding hydrogens is 272 g/mol. The predicted octanol–water partition coefficient (Wildman–Crippen LogP) is 2.51. The molecule has 1 heterocycles. The van der Waals surface area contributed by atoms with E-state index in [2.05, 4.69) is 4.74 Å². The molecule has 6 heteroatoms. The van der Waals surface area contributed by atoms with Gasteiger partial charge >= 0.3 is 6.16 Å². The molecule has 108 valence electrons. The number of methoxy groups -OCH3 is 1. The lowest BCUT2D eigenvalue weighted by molar-refractivity contribution is 0.0857. The van der Waals surface area contributed by atoms with Gasteiger partial charge in [-0.2, -0.15) is 5.26 Å². The first kappa shape index (κ1) is 14.5. The number of benzene rings is 1. The molecule has 1 atom stereocenters. The van der Waals surface area contributed by atoms with Crippen LogP contribution in [-0.4, -0.2) is 13.3 Å². The van der Waals surface area contributed by atoms with Crippen molar-refractivity contribution in [3.8, 4) is 6.07 Å². The van der Waals surface area contributed by atoms with Crippen LogP contribution in [0.15, 0.2) is 53.3 Å². The van der Waals surface area contributed by atoms with E-state index in [0.717, 1.165) is 5.56 Å². The smallest absolute Gasteiger partial charge is 0.442 e. The third-order valence-electron chi connectivity index (χ3n) is 3.04. The highest BCUT2D eigenvalue weighted by atomic mass is 16.7. The summed E-state index contributed by atoms with van der Waals surface area (Å²) in [4.78, 5) is 11.4. The van der Waals surface area contributed by atoms with Crippen molar-refractivity contribution in [1.29, 1.82) is 5.26 Å². The summed E-state index contributed by atoms with van der Waals surface area (Å²) in [5.41, 5.74) is 6.71. The Morgan fingerprint density at radius 3 is 2.62 bits per heavy atom. The molecular formula is C15H14N2O4. The Morgan fingerprint density at radius 2 is 2.05 bits per heavy atom. The monoisotopic (exact) mass is 286 g/mol. The summed E-state index contributed by atoms with van der Waals surface area (Å²) in [7, 11) is 1.20. The molecule has 0 radical (unpaired) electrons. The molecule has 1 aliphatic rings. The maximum atomic E-state index is 11.4. The Balaban J connectivity index is 2.52. The normalized spacial score (nSPS) is 17.9. The van der Waals surface area contributed by atoms with E-state index < -0.39 is 12.1 Å². The lowest BCUT2D eigenvalue weighted by Crippen LogP contribution is -2.23. The van der Waals surface area contributed by atoms with Gasteiger partial charge < -0.3 is 19.9 Å². The molecule has 0 saturated heterocycles. The fraction of sp³-hybridized carbons (Fsp3) is 0.200. The van der Waals surface area contributed by atoms with Crippen LogP contribution in [0.1, 0.15) is 18.4 Å². The molecule has 1 aliphatic heterocycles. The van der Waals surface area contributed by atoms with Crippen LogP contribution >= 0.6 is 0 Å². The number of nitrogens with zero attached hydrogens (tertiary/aromatic N) is 1. The van der Waals surface area contributed by atoms with Gasteiger partial charge in [0, 0.05) is 0 Å². The van der Waals surface area contributed by atoms with Crippen LogP contribution in [-0.2, 0) is 14.2 Å². The summed E-state index contributed by atoms with van der Waals surface area (Å²) < 4.78 is 14.9. The van der Waals surface area contributed by atoms with E-state index in [1.807, 2.05) is 36.4 Å². The Kier molecular flexibility index (Phi) is 4.14. The Bertz CT molecular complexity index is 656. The van der Waals surface area contributed by atoms with Crippen molar-refractivity contribution in [1.82, 2.24) is 0 Å². The van der Waals surface area contributed by atoms with Crippen molar-refractivity contribution in [2.24, 2.45) is 5.73 Å². The number of carbonyl (C=O) groups excluding carboxylic acids is 1. The first-order valence-corrected chi connectivity index (χ1v) is 6.17. The van der Waals surface area contributed by atoms with Crippen molar-refractivity contribution in [3.05, 3.63) is 58.9 Å². The third kappa shape index (κ3) is 2.82. The average Bonchev–Trinajstić information content (AvgIpc) is 2.50. The van der Waals surface area contributed by atoms with Gasteiger partial charge in [0.2, 0.25) is 5.88 Å². The fourth-order valence-electron chi connectivity index (χ4n) is 2.09. The van der Waals surface area contributed by atoms with E-state index in [1.54, 1.807) is 6.92 Å². The van der Waals surface area contributed by atoms with E-state index in [4.69, 9.17) is 15.2 Å². The maximum absolute atomic E-state index is 11.4. The van der Waals surface area contributed by atoms with Crippen LogP contribution in [0.3, 0.4) is 0 Å². The zero-order valence-corrected chi connectivity index (χ0v) is 11.6. The van der Waals surface area contributed by atoms with Gasteiger partial charge in [0.1, 0.15) is 17.4 Å². The highest BCUT2D eigenvalue weighted by molar-refractivity contribution is 5.63. The van der Waals surface area contributed by atoms with E-state index in [-0.39, 0.29) is 17.2 Å². The van der Waals surface area contributed by atoms with Crippen molar-refractivity contribution in [2.45, 2.75) is 12.8 Å². The topological polar surface area (TPSA) is 94.6 Å². The maximum Gasteiger partial charge on any atom is 0.513 e. The summed E-state index contributed by atoms with van der Waals surface area (Å²) in [6.45, 7) is 1.61. The summed E-state index contributed by atoms with van der Waals surface area (Å²) in [5.74, 6) is -0.102. The lowest BCUT2D eigenvalue weighted by Gasteiger charge is -2.26. The van der Waals surface area contributed by atoms with Crippen molar-refractivity contribution >= 4 is 6.16 Å². The molecule has 1 aromatic rings. The zero-order valence-electron chi connectivity index (χ0n) is 11.6. The second-order valence-corrected chi connectivity index (χ2v) is 4.31. The largest absolute Gasteiger partial charge is 0.513 e. The lowest BCUT2D eigenvalue weighted by atomic mass is 9.88. The molecule has 0 aromatic heterocycles. The SMILES string of the molecule is COC(=O)OC1=C(C)OC(N)=C(C#N)C1c1ccccc1. The number of hydrogen-bond acceptors (Lipinski definition) is 6. The van der Waals surface area contributed by atoms with Gasteiger partial charge in [-0.05, 0) is 12.5 Å². The molecule has 21 heavy (non-hydrogen) atoms. The summed E-state index contributed by atoms with van der Waals surface area (Å²) in [6, 6.07) is 11.1. The van der Waals surface area contributed by atoms with Gasteiger partial charge in [0.25, 0.3) is 0 Å². The van der Waals surface area contributed by atoms with Crippen molar-refractivity contribution in [3.63, 3.8) is 0 Å². The Hall–Kier alpha value is -2.94. The molecule has 0 saturated carbocycles. The fourth-order valence-corrected chi connectivity index (χ4v) is 2.09. The Morgan fingerprint density at radius 1 is 1.38 bits per heavy atom. The van der Waals surface area contributed by atoms with Crippen LogP contribution in [0.4, 0.5) is 4.79 Å². The molecule has 1 aromatic carbocycles. The summed E-state index contributed by atoms with van der Waals surface area (Å²) in [5, 5.41) is 9.33. The highest BCUT2D eigenvalue weighted by Gasteiger charge is 2.34. The first-order valence-electron chi connectivity index (χ1n) is 6.17. The molecule has 6 nitrogen and oxygen atoms in total.